The van der Waals surface area contributed by atoms with Crippen LogP contribution in [0.5, 0.6) is 0 Å². The molecule has 0 aliphatic rings. The Hall–Kier alpha value is -4.24. The van der Waals surface area contributed by atoms with E-state index >= 15 is 0 Å². The van der Waals surface area contributed by atoms with Gasteiger partial charge in [0, 0.05) is 0 Å². The van der Waals surface area contributed by atoms with Gasteiger partial charge >= 0.3 is 6.09 Å². The third-order valence-electron chi connectivity index (χ3n) is 6.27. The van der Waals surface area contributed by atoms with Gasteiger partial charge in [-0.1, -0.05) is 58.0 Å². The fourth-order valence-corrected chi connectivity index (χ4v) is 3.98. The highest BCUT2D eigenvalue weighted by molar-refractivity contribution is 5.95. The largest absolute Gasteiger partial charge is 0.445 e. The number of amides is 6. The van der Waals surface area contributed by atoms with Crippen LogP contribution in [0.25, 0.3) is 0 Å². The van der Waals surface area contributed by atoms with E-state index in [0.29, 0.717) is 0 Å². The van der Waals surface area contributed by atoms with Crippen LogP contribution in [0, 0.1) is 11.8 Å². The van der Waals surface area contributed by atoms with Crippen LogP contribution in [-0.2, 0) is 35.3 Å². The van der Waals surface area contributed by atoms with Crippen LogP contribution in [0.2, 0.25) is 0 Å². The summed E-state index contributed by atoms with van der Waals surface area (Å²) in [6.07, 6.45) is -1.79. The molecule has 15 heteroatoms. The summed E-state index contributed by atoms with van der Waals surface area (Å²) < 4.78 is 5.11. The van der Waals surface area contributed by atoms with Gasteiger partial charge in [-0.25, -0.2) is 10.6 Å². The Morgan fingerprint density at radius 2 is 1.30 bits per heavy atom. The predicted molar refractivity (Wildman–Crippen MR) is 161 cm³/mol. The number of alkyl carbamates (subject to hydrolysis) is 1. The minimum absolute atomic E-state index is 0.00820. The van der Waals surface area contributed by atoms with Crippen molar-refractivity contribution in [3.8, 4) is 0 Å². The molecule has 246 valence electrons. The van der Waals surface area contributed by atoms with Gasteiger partial charge in [0.05, 0.1) is 12.6 Å². The molecule has 0 heterocycles. The van der Waals surface area contributed by atoms with E-state index in [1.165, 1.54) is 13.8 Å². The standard InChI is InChI=1S/C29H47N7O8/c1-16(2)12-21(26(40)31-14-23(38)36-30)34-27(41)22(13-17(3)4)33-25(39)18(5)32-28(42)24(19(6)37)35-29(43)44-15-20-10-8-7-9-11-20/h7-11,16-19,21-22,24,37H,12-15,30H2,1-6H3,(H,31,40)(H,32,42)(H,33,39)(H,34,41)(H,35,43)(H,36,38). The lowest BCUT2D eigenvalue weighted by Gasteiger charge is -2.27. The Labute approximate surface area is 257 Å². The number of aliphatic hydroxyl groups is 1. The van der Waals surface area contributed by atoms with Crippen molar-refractivity contribution < 1.29 is 38.6 Å². The molecule has 5 atom stereocenters. The van der Waals surface area contributed by atoms with Gasteiger partial charge in [-0.15, -0.1) is 0 Å². The van der Waals surface area contributed by atoms with Crippen molar-refractivity contribution in [2.75, 3.05) is 6.54 Å². The zero-order valence-electron chi connectivity index (χ0n) is 26.1. The lowest BCUT2D eigenvalue weighted by molar-refractivity contribution is -0.134. The molecule has 0 saturated carbocycles. The highest BCUT2D eigenvalue weighted by Gasteiger charge is 2.32. The lowest BCUT2D eigenvalue weighted by atomic mass is 10.00. The number of carbonyl (C=O) groups is 6. The third-order valence-corrected chi connectivity index (χ3v) is 6.27. The Morgan fingerprint density at radius 3 is 1.82 bits per heavy atom. The second kappa shape index (κ2) is 19.1. The summed E-state index contributed by atoms with van der Waals surface area (Å²) in [6.45, 7) is 9.64. The van der Waals surface area contributed by atoms with Crippen LogP contribution in [0.4, 0.5) is 4.79 Å². The number of nitrogens with two attached hydrogens (primary N) is 1. The highest BCUT2D eigenvalue weighted by Crippen LogP contribution is 2.10. The average Bonchev–Trinajstić information content (AvgIpc) is 2.96. The van der Waals surface area contributed by atoms with Crippen molar-refractivity contribution in [1.82, 2.24) is 32.0 Å². The minimum atomic E-state index is -1.43. The van der Waals surface area contributed by atoms with Gasteiger partial charge < -0.3 is 36.4 Å². The molecule has 9 N–H and O–H groups in total. The minimum Gasteiger partial charge on any atom is -0.445 e. The molecule has 0 spiro atoms. The maximum absolute atomic E-state index is 13.2. The Morgan fingerprint density at radius 1 is 0.750 bits per heavy atom. The molecule has 15 nitrogen and oxygen atoms in total. The van der Waals surface area contributed by atoms with Crippen molar-refractivity contribution in [1.29, 1.82) is 0 Å². The summed E-state index contributed by atoms with van der Waals surface area (Å²) in [5, 5.41) is 22.5. The van der Waals surface area contributed by atoms with Gasteiger partial charge in [-0.05, 0) is 44.1 Å². The maximum atomic E-state index is 13.2. The molecular weight excluding hydrogens is 574 g/mol. The number of carbonyl (C=O) groups excluding carboxylic acids is 6. The first-order valence-electron chi connectivity index (χ1n) is 14.5. The van der Waals surface area contributed by atoms with E-state index in [2.05, 4.69) is 26.6 Å². The SMILES string of the molecule is CC(C)CC(NC(=O)C(C)NC(=O)C(NC(=O)OCc1ccccc1)C(C)O)C(=O)NC(CC(C)C)C(=O)NCC(=O)NN. The van der Waals surface area contributed by atoms with Crippen LogP contribution in [0.15, 0.2) is 30.3 Å². The molecule has 0 aliphatic carbocycles. The van der Waals surface area contributed by atoms with Crippen LogP contribution in [-0.4, -0.2) is 77.6 Å². The van der Waals surface area contributed by atoms with Crippen molar-refractivity contribution in [2.45, 2.75) is 91.3 Å². The second-order valence-corrected chi connectivity index (χ2v) is 11.3. The number of benzene rings is 1. The van der Waals surface area contributed by atoms with E-state index in [0.717, 1.165) is 5.56 Å². The van der Waals surface area contributed by atoms with Gasteiger partial charge in [0.2, 0.25) is 23.6 Å². The van der Waals surface area contributed by atoms with Crippen molar-refractivity contribution in [3.05, 3.63) is 35.9 Å². The van der Waals surface area contributed by atoms with Crippen molar-refractivity contribution in [3.63, 3.8) is 0 Å². The number of aliphatic hydroxyl groups excluding tert-OH is 1. The van der Waals surface area contributed by atoms with E-state index in [9.17, 15) is 33.9 Å². The number of hydrogen-bond donors (Lipinski definition) is 8. The number of hydrazine groups is 1. The second-order valence-electron chi connectivity index (χ2n) is 11.3. The topological polar surface area (TPSA) is 230 Å². The summed E-state index contributed by atoms with van der Waals surface area (Å²) in [6, 6.07) is 4.21. The van der Waals surface area contributed by atoms with Crippen LogP contribution in [0.1, 0.15) is 59.9 Å². The summed E-state index contributed by atoms with van der Waals surface area (Å²) >= 11 is 0. The summed E-state index contributed by atoms with van der Waals surface area (Å²) in [5.74, 6) is 1.62. The van der Waals surface area contributed by atoms with Gasteiger partial charge in [0.1, 0.15) is 30.8 Å². The third kappa shape index (κ3) is 14.3. The smallest absolute Gasteiger partial charge is 0.408 e. The zero-order chi connectivity index (χ0) is 33.4. The maximum Gasteiger partial charge on any atom is 0.408 e. The number of hydrogen-bond acceptors (Lipinski definition) is 9. The lowest BCUT2D eigenvalue weighted by Crippen LogP contribution is -2.59. The van der Waals surface area contributed by atoms with E-state index in [4.69, 9.17) is 10.6 Å². The number of nitrogens with one attached hydrogen (secondary N) is 6. The number of rotatable bonds is 17. The number of ether oxygens (including phenoxy) is 1. The molecule has 0 fully saturated rings. The molecule has 1 aromatic rings. The molecule has 0 radical (unpaired) electrons. The highest BCUT2D eigenvalue weighted by atomic mass is 16.5. The molecule has 1 rings (SSSR count). The molecule has 5 unspecified atom stereocenters. The van der Waals surface area contributed by atoms with E-state index < -0.39 is 65.9 Å². The first-order valence-corrected chi connectivity index (χ1v) is 14.5. The van der Waals surface area contributed by atoms with Gasteiger partial charge in [0.25, 0.3) is 5.91 Å². The Balaban J connectivity index is 2.87. The van der Waals surface area contributed by atoms with Crippen molar-refractivity contribution in [2.24, 2.45) is 17.7 Å². The van der Waals surface area contributed by atoms with Gasteiger partial charge in [-0.3, -0.25) is 29.4 Å². The Kier molecular flexibility index (Phi) is 16.4. The monoisotopic (exact) mass is 621 g/mol. The normalized spacial score (nSPS) is 14.3. The first-order chi connectivity index (χ1) is 20.6. The fraction of sp³-hybridized carbons (Fsp3) is 0.586. The first kappa shape index (κ1) is 37.8. The van der Waals surface area contributed by atoms with Crippen LogP contribution >= 0.6 is 0 Å². The van der Waals surface area contributed by atoms with Gasteiger partial charge in [0.15, 0.2) is 0 Å². The molecule has 0 aromatic heterocycles. The summed E-state index contributed by atoms with van der Waals surface area (Å²) in [4.78, 5) is 75.6. The predicted octanol–water partition coefficient (Wildman–Crippen LogP) is -0.665. The average molecular weight is 622 g/mol. The molecule has 0 bridgehead atoms. The molecule has 44 heavy (non-hydrogen) atoms. The molecule has 0 aliphatic heterocycles. The molecule has 1 aromatic carbocycles. The summed E-state index contributed by atoms with van der Waals surface area (Å²) in [7, 11) is 0. The molecular formula is C29H47N7O8. The van der Waals surface area contributed by atoms with E-state index in [-0.39, 0.29) is 37.8 Å². The fourth-order valence-electron chi connectivity index (χ4n) is 3.98. The summed E-state index contributed by atoms with van der Waals surface area (Å²) in [5.41, 5.74) is 2.62. The van der Waals surface area contributed by atoms with Crippen LogP contribution in [0.3, 0.4) is 0 Å². The van der Waals surface area contributed by atoms with Crippen LogP contribution < -0.4 is 37.9 Å². The zero-order valence-corrected chi connectivity index (χ0v) is 26.1. The Bertz CT molecular complexity index is 1110. The van der Waals surface area contributed by atoms with E-state index in [1.807, 2.05) is 39.2 Å². The van der Waals surface area contributed by atoms with E-state index in [1.54, 1.807) is 24.3 Å². The molecule has 6 amide bonds. The quantitative estimate of drug-likeness (QED) is 0.0626. The molecule has 0 saturated heterocycles. The van der Waals surface area contributed by atoms with Crippen molar-refractivity contribution >= 4 is 35.6 Å². The van der Waals surface area contributed by atoms with Gasteiger partial charge in [-0.2, -0.15) is 0 Å².